The smallest absolute Gasteiger partial charge is 0.242 e. The summed E-state index contributed by atoms with van der Waals surface area (Å²) in [5.74, 6) is 0.478. The van der Waals surface area contributed by atoms with E-state index < -0.39 is 0 Å². The molecule has 0 spiro atoms. The van der Waals surface area contributed by atoms with Crippen molar-refractivity contribution in [1.29, 1.82) is 0 Å². The lowest BCUT2D eigenvalue weighted by atomic mass is 10.3. The fourth-order valence-corrected chi connectivity index (χ4v) is 2.11. The number of anilines is 1. The Hall–Kier alpha value is -1.82. The van der Waals surface area contributed by atoms with E-state index in [2.05, 4.69) is 10.3 Å². The fourth-order valence-electron chi connectivity index (χ4n) is 2.00. The van der Waals surface area contributed by atoms with E-state index >= 15 is 0 Å². The highest BCUT2D eigenvalue weighted by Crippen LogP contribution is 2.13. The molecule has 20 heavy (non-hydrogen) atoms. The summed E-state index contributed by atoms with van der Waals surface area (Å²) < 4.78 is 0. The molecule has 6 nitrogen and oxygen atoms in total. The molecule has 2 amide bonds. The maximum Gasteiger partial charge on any atom is 0.242 e. The van der Waals surface area contributed by atoms with E-state index in [9.17, 15) is 9.59 Å². The molecule has 1 saturated heterocycles. The third-order valence-corrected chi connectivity index (χ3v) is 3.31. The molecule has 1 N–H and O–H groups in total. The first-order valence-electron chi connectivity index (χ1n) is 6.43. The van der Waals surface area contributed by atoms with E-state index in [1.165, 1.54) is 6.20 Å². The number of nitrogens with zero attached hydrogens (tertiary/aromatic N) is 3. The average molecular weight is 297 g/mol. The van der Waals surface area contributed by atoms with Gasteiger partial charge in [0.1, 0.15) is 5.82 Å². The third kappa shape index (κ3) is 3.84. The van der Waals surface area contributed by atoms with Crippen molar-refractivity contribution in [2.75, 3.05) is 38.1 Å². The molecule has 1 aliphatic rings. The largest absolute Gasteiger partial charge is 0.354 e. The Balaban J connectivity index is 1.96. The Morgan fingerprint density at radius 3 is 3.05 bits per heavy atom. The maximum atomic E-state index is 12.2. The molecule has 0 aromatic carbocycles. The van der Waals surface area contributed by atoms with E-state index in [4.69, 9.17) is 11.6 Å². The Morgan fingerprint density at radius 2 is 2.35 bits per heavy atom. The van der Waals surface area contributed by atoms with Crippen molar-refractivity contribution in [2.24, 2.45) is 0 Å². The van der Waals surface area contributed by atoms with Crippen LogP contribution in [-0.4, -0.2) is 54.9 Å². The summed E-state index contributed by atoms with van der Waals surface area (Å²) in [4.78, 5) is 31.1. The summed E-state index contributed by atoms with van der Waals surface area (Å²) in [6, 6.07) is 3.48. The van der Waals surface area contributed by atoms with Gasteiger partial charge in [-0.1, -0.05) is 11.6 Å². The monoisotopic (exact) mass is 296 g/mol. The van der Waals surface area contributed by atoms with E-state index in [1.54, 1.807) is 29.0 Å². The van der Waals surface area contributed by atoms with Gasteiger partial charge in [-0.05, 0) is 18.6 Å². The number of rotatable bonds is 3. The number of carbonyl (C=O) groups excluding carboxylic acids is 2. The van der Waals surface area contributed by atoms with Crippen molar-refractivity contribution in [2.45, 2.75) is 6.42 Å². The number of pyridine rings is 1. The van der Waals surface area contributed by atoms with Crippen LogP contribution in [0.3, 0.4) is 0 Å². The Bertz CT molecular complexity index is 492. The Labute approximate surface area is 122 Å². The predicted octanol–water partition coefficient (Wildman–Crippen LogP) is 0.520. The van der Waals surface area contributed by atoms with Crippen LogP contribution in [0.5, 0.6) is 0 Å². The molecular formula is C13H17ClN4O2. The molecule has 0 saturated carbocycles. The molecule has 2 heterocycles. The second-order valence-electron chi connectivity index (χ2n) is 4.71. The van der Waals surface area contributed by atoms with Crippen molar-refractivity contribution in [3.8, 4) is 0 Å². The zero-order valence-corrected chi connectivity index (χ0v) is 12.1. The predicted molar refractivity (Wildman–Crippen MR) is 76.7 cm³/mol. The number of likely N-dealkylation sites (N-methyl/N-ethyl adjacent to an activating group) is 1. The lowest BCUT2D eigenvalue weighted by molar-refractivity contribution is -0.134. The normalized spacial score (nSPS) is 15.5. The van der Waals surface area contributed by atoms with Gasteiger partial charge in [-0.2, -0.15) is 0 Å². The summed E-state index contributed by atoms with van der Waals surface area (Å²) >= 11 is 5.78. The van der Waals surface area contributed by atoms with Gasteiger partial charge in [0.25, 0.3) is 0 Å². The lowest BCUT2D eigenvalue weighted by Crippen LogP contribution is -2.42. The van der Waals surface area contributed by atoms with Gasteiger partial charge in [0.2, 0.25) is 11.8 Å². The summed E-state index contributed by atoms with van der Waals surface area (Å²) in [6.45, 7) is 1.53. The maximum absolute atomic E-state index is 12.2. The second kappa shape index (κ2) is 6.56. The molecule has 1 aliphatic heterocycles. The molecule has 1 fully saturated rings. The molecule has 0 atom stereocenters. The lowest BCUT2D eigenvalue weighted by Gasteiger charge is -2.23. The van der Waals surface area contributed by atoms with E-state index in [-0.39, 0.29) is 24.9 Å². The zero-order chi connectivity index (χ0) is 14.5. The molecule has 108 valence electrons. The number of carbonyl (C=O) groups is 2. The molecule has 0 bridgehead atoms. The van der Waals surface area contributed by atoms with Crippen LogP contribution in [0.1, 0.15) is 6.42 Å². The molecule has 1 aromatic heterocycles. The average Bonchev–Trinajstić information content (AvgIpc) is 2.64. The van der Waals surface area contributed by atoms with E-state index in [0.717, 1.165) is 6.42 Å². The van der Waals surface area contributed by atoms with Gasteiger partial charge in [-0.15, -0.1) is 0 Å². The molecule has 7 heteroatoms. The van der Waals surface area contributed by atoms with Crippen LogP contribution in [0, 0.1) is 0 Å². The SMILES string of the molecule is CN(CC(=O)N1CCCNC(=O)C1)c1ccc(Cl)cn1. The van der Waals surface area contributed by atoms with Crippen LogP contribution in [0.25, 0.3) is 0 Å². The number of halogens is 1. The third-order valence-electron chi connectivity index (χ3n) is 3.09. The van der Waals surface area contributed by atoms with E-state index in [0.29, 0.717) is 23.9 Å². The fraction of sp³-hybridized carbons (Fsp3) is 0.462. The summed E-state index contributed by atoms with van der Waals surface area (Å²) in [6.07, 6.45) is 2.32. The quantitative estimate of drug-likeness (QED) is 0.883. The van der Waals surface area contributed by atoms with Crippen molar-refractivity contribution >= 4 is 29.2 Å². The highest BCUT2D eigenvalue weighted by atomic mass is 35.5. The van der Waals surface area contributed by atoms with Crippen molar-refractivity contribution < 1.29 is 9.59 Å². The first-order chi connectivity index (χ1) is 9.56. The standard InChI is InChI=1S/C13H17ClN4O2/c1-17(11-4-3-10(14)7-16-11)9-13(20)18-6-2-5-15-12(19)8-18/h3-4,7H,2,5-6,8-9H2,1H3,(H,15,19). The minimum absolute atomic E-state index is 0.0821. The molecule has 0 unspecified atom stereocenters. The van der Waals surface area contributed by atoms with Gasteiger partial charge < -0.3 is 15.1 Å². The minimum Gasteiger partial charge on any atom is -0.354 e. The van der Waals surface area contributed by atoms with Crippen LogP contribution in [0.4, 0.5) is 5.82 Å². The number of amides is 2. The van der Waals surface area contributed by atoms with Gasteiger partial charge in [-0.3, -0.25) is 9.59 Å². The van der Waals surface area contributed by atoms with Crippen molar-refractivity contribution in [1.82, 2.24) is 15.2 Å². The van der Waals surface area contributed by atoms with Crippen molar-refractivity contribution in [3.63, 3.8) is 0 Å². The van der Waals surface area contributed by atoms with Gasteiger partial charge >= 0.3 is 0 Å². The summed E-state index contributed by atoms with van der Waals surface area (Å²) in [5.41, 5.74) is 0. The molecular weight excluding hydrogens is 280 g/mol. The zero-order valence-electron chi connectivity index (χ0n) is 11.3. The number of nitrogens with one attached hydrogen (secondary N) is 1. The highest BCUT2D eigenvalue weighted by Gasteiger charge is 2.20. The van der Waals surface area contributed by atoms with Crippen LogP contribution < -0.4 is 10.2 Å². The van der Waals surface area contributed by atoms with Gasteiger partial charge in [0.15, 0.2) is 0 Å². The van der Waals surface area contributed by atoms with Crippen LogP contribution in [-0.2, 0) is 9.59 Å². The van der Waals surface area contributed by atoms with Crippen LogP contribution >= 0.6 is 11.6 Å². The highest BCUT2D eigenvalue weighted by molar-refractivity contribution is 6.30. The molecule has 1 aromatic rings. The van der Waals surface area contributed by atoms with Crippen LogP contribution in [0.2, 0.25) is 5.02 Å². The van der Waals surface area contributed by atoms with Crippen molar-refractivity contribution in [3.05, 3.63) is 23.4 Å². The molecule has 0 radical (unpaired) electrons. The van der Waals surface area contributed by atoms with Gasteiger partial charge in [0, 0.05) is 26.3 Å². The molecule has 2 rings (SSSR count). The first-order valence-corrected chi connectivity index (χ1v) is 6.81. The van der Waals surface area contributed by atoms with E-state index in [1.807, 2.05) is 0 Å². The Morgan fingerprint density at radius 1 is 1.55 bits per heavy atom. The summed E-state index contributed by atoms with van der Waals surface area (Å²) in [7, 11) is 1.78. The molecule has 0 aliphatic carbocycles. The first kappa shape index (κ1) is 14.6. The number of hydrogen-bond donors (Lipinski definition) is 1. The number of aromatic nitrogens is 1. The Kier molecular flexibility index (Phi) is 4.79. The topological polar surface area (TPSA) is 65.5 Å². The van der Waals surface area contributed by atoms with Gasteiger partial charge in [0.05, 0.1) is 18.1 Å². The van der Waals surface area contributed by atoms with Gasteiger partial charge in [-0.25, -0.2) is 4.98 Å². The van der Waals surface area contributed by atoms with Crippen LogP contribution in [0.15, 0.2) is 18.3 Å². The summed E-state index contributed by atoms with van der Waals surface area (Å²) in [5, 5.41) is 3.30. The second-order valence-corrected chi connectivity index (χ2v) is 5.15. The number of hydrogen-bond acceptors (Lipinski definition) is 4. The minimum atomic E-state index is -0.108.